The normalized spacial score (nSPS) is 26.4. The van der Waals surface area contributed by atoms with Gasteiger partial charge in [0.25, 0.3) is 10.0 Å². The van der Waals surface area contributed by atoms with E-state index in [-0.39, 0.29) is 11.9 Å². The van der Waals surface area contributed by atoms with Crippen molar-refractivity contribution in [1.29, 1.82) is 0 Å². The van der Waals surface area contributed by atoms with E-state index in [1.807, 2.05) is 30.3 Å². The van der Waals surface area contributed by atoms with Crippen LogP contribution in [0.15, 0.2) is 47.0 Å². The molecule has 0 bridgehead atoms. The van der Waals surface area contributed by atoms with Crippen molar-refractivity contribution in [1.82, 2.24) is 15.5 Å². The van der Waals surface area contributed by atoms with Gasteiger partial charge in [0.1, 0.15) is 12.2 Å². The van der Waals surface area contributed by atoms with Gasteiger partial charge in [-0.2, -0.15) is 0 Å². The average Bonchev–Trinajstić information content (AvgIpc) is 2.75. The zero-order valence-electron chi connectivity index (χ0n) is 11.2. The van der Waals surface area contributed by atoms with Crippen LogP contribution < -0.4 is 10.6 Å². The first kappa shape index (κ1) is 13.6. The summed E-state index contributed by atoms with van der Waals surface area (Å²) >= 11 is 0. The molecule has 2 heterocycles. The molecule has 7 nitrogen and oxygen atoms in total. The van der Waals surface area contributed by atoms with Crippen LogP contribution in [0.2, 0.25) is 0 Å². The molecule has 1 aromatic carbocycles. The van der Waals surface area contributed by atoms with E-state index >= 15 is 0 Å². The average molecular weight is 306 g/mol. The van der Waals surface area contributed by atoms with Gasteiger partial charge in [-0.05, 0) is 11.6 Å². The third kappa shape index (κ3) is 2.62. The van der Waals surface area contributed by atoms with Gasteiger partial charge in [-0.25, -0.2) is 8.42 Å². The largest absolute Gasteiger partial charge is 0.332 e. The summed E-state index contributed by atoms with van der Waals surface area (Å²) in [7, 11) is -3.57. The van der Waals surface area contributed by atoms with E-state index in [2.05, 4.69) is 15.0 Å². The standard InChI is InChI=1S/C13H14N4O3S/c1-21(19,20)16-13-14-8-7-10-15-12(18)11(17(10)13)9-5-3-2-4-6-9/h2-8,10-11H,1H3,(H,14,16)(H,15,18)/t10-,11+/m1/s1. The second-order valence-corrected chi connectivity index (χ2v) is 6.47. The zero-order chi connectivity index (χ0) is 15.0. The fourth-order valence-corrected chi connectivity index (χ4v) is 2.90. The first-order valence-corrected chi connectivity index (χ1v) is 8.17. The summed E-state index contributed by atoms with van der Waals surface area (Å²) in [5, 5.41) is 5.60. The Labute approximate surface area is 122 Å². The maximum atomic E-state index is 12.2. The van der Waals surface area contributed by atoms with Crippen molar-refractivity contribution in [3.8, 4) is 0 Å². The van der Waals surface area contributed by atoms with Crippen molar-refractivity contribution in [2.75, 3.05) is 6.26 Å². The molecule has 3 rings (SSSR count). The Bertz CT molecular complexity index is 727. The van der Waals surface area contributed by atoms with Crippen LogP contribution >= 0.6 is 0 Å². The maximum absolute atomic E-state index is 12.2. The van der Waals surface area contributed by atoms with Gasteiger partial charge in [0, 0.05) is 6.20 Å². The molecule has 2 aliphatic rings. The van der Waals surface area contributed by atoms with Gasteiger partial charge in [0.2, 0.25) is 11.9 Å². The quantitative estimate of drug-likeness (QED) is 0.797. The van der Waals surface area contributed by atoms with Gasteiger partial charge < -0.3 is 15.5 Å². The number of carbonyl (C=O) groups excluding carboxylic acids is 1. The number of benzene rings is 1. The minimum Gasteiger partial charge on any atom is -0.332 e. The van der Waals surface area contributed by atoms with Gasteiger partial charge in [-0.1, -0.05) is 30.3 Å². The molecule has 2 aliphatic heterocycles. The Hall–Kier alpha value is -2.35. The highest BCUT2D eigenvalue weighted by atomic mass is 32.2. The summed E-state index contributed by atoms with van der Waals surface area (Å²) in [6.45, 7) is 0. The zero-order valence-corrected chi connectivity index (χ0v) is 12.0. The minimum atomic E-state index is -3.57. The maximum Gasteiger partial charge on any atom is 0.253 e. The van der Waals surface area contributed by atoms with Crippen molar-refractivity contribution in [2.45, 2.75) is 12.2 Å². The molecule has 21 heavy (non-hydrogen) atoms. The number of guanidine groups is 1. The predicted octanol–water partition coefficient (Wildman–Crippen LogP) is -0.0819. The molecule has 110 valence electrons. The molecule has 1 saturated heterocycles. The third-order valence-electron chi connectivity index (χ3n) is 3.22. The molecule has 0 saturated carbocycles. The van der Waals surface area contributed by atoms with Crippen LogP contribution in [0.5, 0.6) is 0 Å². The van der Waals surface area contributed by atoms with Crippen LogP contribution in [0.3, 0.4) is 0 Å². The Kier molecular flexibility index (Phi) is 3.17. The Morgan fingerprint density at radius 3 is 2.62 bits per heavy atom. The van der Waals surface area contributed by atoms with Crippen molar-refractivity contribution >= 4 is 21.9 Å². The topological polar surface area (TPSA) is 90.9 Å². The van der Waals surface area contributed by atoms with Crippen molar-refractivity contribution < 1.29 is 13.2 Å². The number of fused-ring (bicyclic) bond motifs is 1. The Morgan fingerprint density at radius 2 is 1.95 bits per heavy atom. The van der Waals surface area contributed by atoms with E-state index in [1.165, 1.54) is 0 Å². The van der Waals surface area contributed by atoms with Crippen molar-refractivity contribution in [2.24, 2.45) is 4.40 Å². The van der Waals surface area contributed by atoms with Gasteiger partial charge in [-0.15, -0.1) is 4.40 Å². The molecule has 1 fully saturated rings. The van der Waals surface area contributed by atoms with Gasteiger partial charge in [0.05, 0.1) is 6.26 Å². The van der Waals surface area contributed by atoms with E-state index in [1.54, 1.807) is 17.2 Å². The summed E-state index contributed by atoms with van der Waals surface area (Å²) in [4.78, 5) is 13.9. The fraction of sp³-hybridized carbons (Fsp3) is 0.231. The third-order valence-corrected chi connectivity index (χ3v) is 3.72. The number of hydrogen-bond acceptors (Lipinski definition) is 3. The van der Waals surface area contributed by atoms with E-state index < -0.39 is 22.2 Å². The number of rotatable bonds is 2. The molecular weight excluding hydrogens is 292 g/mol. The van der Waals surface area contributed by atoms with Crippen LogP contribution in [-0.2, 0) is 14.8 Å². The van der Waals surface area contributed by atoms with Crippen LogP contribution in [0, 0.1) is 0 Å². The summed E-state index contributed by atoms with van der Waals surface area (Å²) < 4.78 is 26.5. The summed E-state index contributed by atoms with van der Waals surface area (Å²) in [5.41, 5.74) is 0.774. The summed E-state index contributed by atoms with van der Waals surface area (Å²) in [6.07, 6.45) is 3.91. The number of hydrogen-bond donors (Lipinski definition) is 2. The van der Waals surface area contributed by atoms with Gasteiger partial charge in [-0.3, -0.25) is 4.79 Å². The fourth-order valence-electron chi connectivity index (χ4n) is 2.44. The molecule has 0 spiro atoms. The number of sulfonamides is 1. The lowest BCUT2D eigenvalue weighted by molar-refractivity contribution is -0.121. The van der Waals surface area contributed by atoms with Crippen LogP contribution in [0.25, 0.3) is 0 Å². The van der Waals surface area contributed by atoms with Gasteiger partial charge in [0.15, 0.2) is 0 Å². The second-order valence-electron chi connectivity index (χ2n) is 4.83. The molecule has 8 heteroatoms. The van der Waals surface area contributed by atoms with Crippen LogP contribution in [0.1, 0.15) is 11.6 Å². The molecule has 2 N–H and O–H groups in total. The number of amides is 1. The van der Waals surface area contributed by atoms with E-state index in [4.69, 9.17) is 0 Å². The first-order valence-electron chi connectivity index (χ1n) is 6.32. The minimum absolute atomic E-state index is 0.136. The lowest BCUT2D eigenvalue weighted by Gasteiger charge is -2.31. The van der Waals surface area contributed by atoms with E-state index in [9.17, 15) is 13.2 Å². The number of carbonyl (C=O) groups is 1. The number of nitrogens with one attached hydrogen (secondary N) is 2. The highest BCUT2D eigenvalue weighted by Crippen LogP contribution is 2.29. The molecule has 1 amide bonds. The lowest BCUT2D eigenvalue weighted by atomic mass is 10.1. The molecule has 1 aromatic rings. The Morgan fingerprint density at radius 1 is 1.24 bits per heavy atom. The van der Waals surface area contributed by atoms with Crippen molar-refractivity contribution in [3.63, 3.8) is 0 Å². The van der Waals surface area contributed by atoms with Gasteiger partial charge >= 0.3 is 0 Å². The van der Waals surface area contributed by atoms with Crippen molar-refractivity contribution in [3.05, 3.63) is 48.2 Å². The van der Waals surface area contributed by atoms with Crippen LogP contribution in [-0.4, -0.2) is 37.6 Å². The number of nitrogens with zero attached hydrogens (tertiary/aromatic N) is 2. The molecular formula is C13H14N4O3S. The first-order chi connectivity index (χ1) is 9.96. The smallest absolute Gasteiger partial charge is 0.253 e. The molecule has 0 unspecified atom stereocenters. The van der Waals surface area contributed by atoms with E-state index in [0.717, 1.165) is 11.8 Å². The highest BCUT2D eigenvalue weighted by Gasteiger charge is 2.43. The monoisotopic (exact) mass is 306 g/mol. The SMILES string of the molecule is CS(=O)(=O)/N=C1\NC=C[C@@H]2NC(=O)[C@H](c3ccccc3)N12. The lowest BCUT2D eigenvalue weighted by Crippen LogP contribution is -2.48. The molecule has 2 atom stereocenters. The predicted molar refractivity (Wildman–Crippen MR) is 77.5 cm³/mol. The highest BCUT2D eigenvalue weighted by molar-refractivity contribution is 7.89. The summed E-state index contributed by atoms with van der Waals surface area (Å²) in [6, 6.07) is 8.54. The molecule has 0 aliphatic carbocycles. The second kappa shape index (κ2) is 4.88. The summed E-state index contributed by atoms with van der Waals surface area (Å²) in [5.74, 6) is -0.0574. The molecule has 0 radical (unpaired) electrons. The Balaban J connectivity index is 2.07. The van der Waals surface area contributed by atoms with E-state index in [0.29, 0.717) is 0 Å². The van der Waals surface area contributed by atoms with Crippen LogP contribution in [0.4, 0.5) is 0 Å². The molecule has 0 aromatic heterocycles.